The summed E-state index contributed by atoms with van der Waals surface area (Å²) in [6.07, 6.45) is 0. The van der Waals surface area contributed by atoms with Crippen LogP contribution in [0.4, 0.5) is 5.13 Å². The molecule has 0 atom stereocenters. The molecule has 24 heavy (non-hydrogen) atoms. The average Bonchev–Trinajstić information content (AvgIpc) is 3.23. The van der Waals surface area contributed by atoms with Gasteiger partial charge < -0.3 is 0 Å². The third-order valence-corrected chi connectivity index (χ3v) is 4.42. The number of nitrogens with zero attached hydrogens (tertiary/aromatic N) is 6. The first kappa shape index (κ1) is 14.6. The van der Waals surface area contributed by atoms with E-state index in [-0.39, 0.29) is 0 Å². The second kappa shape index (κ2) is 6.29. The minimum Gasteiger partial charge on any atom is -0.238 e. The molecule has 0 unspecified atom stereocenters. The zero-order valence-electron chi connectivity index (χ0n) is 13.0. The SMILES string of the molecule is C/C(=N\c1nnc(Cn2nnc3ccccc32)s1)c1ccccc1. The lowest BCUT2D eigenvalue weighted by Crippen LogP contribution is -2.01. The molecule has 0 saturated heterocycles. The van der Waals surface area contributed by atoms with Crippen LogP contribution in [0.25, 0.3) is 11.0 Å². The molecule has 2 heterocycles. The first-order valence-electron chi connectivity index (χ1n) is 7.51. The third kappa shape index (κ3) is 2.93. The van der Waals surface area contributed by atoms with Gasteiger partial charge in [-0.2, -0.15) is 0 Å². The van der Waals surface area contributed by atoms with Crippen molar-refractivity contribution in [2.75, 3.05) is 0 Å². The molecule has 4 rings (SSSR count). The predicted molar refractivity (Wildman–Crippen MR) is 94.9 cm³/mol. The summed E-state index contributed by atoms with van der Waals surface area (Å²) >= 11 is 1.46. The second-order valence-electron chi connectivity index (χ2n) is 5.28. The van der Waals surface area contributed by atoms with Crippen molar-refractivity contribution in [1.29, 1.82) is 0 Å². The number of hydrogen-bond acceptors (Lipinski definition) is 6. The molecule has 7 heteroatoms. The summed E-state index contributed by atoms with van der Waals surface area (Å²) in [7, 11) is 0. The lowest BCUT2D eigenvalue weighted by molar-refractivity contribution is 0.662. The van der Waals surface area contributed by atoms with Crippen LogP contribution in [0, 0.1) is 0 Å². The molecule has 0 amide bonds. The Hall–Kier alpha value is -2.93. The van der Waals surface area contributed by atoms with Crippen LogP contribution in [-0.4, -0.2) is 30.9 Å². The molecular formula is C17H14N6S. The van der Waals surface area contributed by atoms with Crippen molar-refractivity contribution in [3.05, 3.63) is 65.2 Å². The Morgan fingerprint density at radius 2 is 1.79 bits per heavy atom. The van der Waals surface area contributed by atoms with Crippen LogP contribution in [0.5, 0.6) is 0 Å². The highest BCUT2D eigenvalue weighted by Gasteiger charge is 2.09. The van der Waals surface area contributed by atoms with E-state index in [1.165, 1.54) is 11.3 Å². The highest BCUT2D eigenvalue weighted by molar-refractivity contribution is 7.15. The van der Waals surface area contributed by atoms with Crippen LogP contribution in [0.1, 0.15) is 17.5 Å². The Kier molecular flexibility index (Phi) is 3.84. The van der Waals surface area contributed by atoms with Crippen LogP contribution in [0.3, 0.4) is 0 Å². The van der Waals surface area contributed by atoms with Gasteiger partial charge >= 0.3 is 0 Å². The van der Waals surface area contributed by atoms with E-state index in [2.05, 4.69) is 25.5 Å². The van der Waals surface area contributed by atoms with E-state index >= 15 is 0 Å². The number of hydrogen-bond donors (Lipinski definition) is 0. The van der Waals surface area contributed by atoms with Gasteiger partial charge in [-0.25, -0.2) is 9.67 Å². The van der Waals surface area contributed by atoms with Gasteiger partial charge in [0.05, 0.1) is 12.1 Å². The minimum absolute atomic E-state index is 0.540. The Labute approximate surface area is 142 Å². The Bertz CT molecular complexity index is 1000. The van der Waals surface area contributed by atoms with Crippen LogP contribution < -0.4 is 0 Å². The first-order chi connectivity index (χ1) is 11.8. The smallest absolute Gasteiger partial charge is 0.231 e. The molecule has 0 saturated carbocycles. The minimum atomic E-state index is 0.540. The molecule has 0 spiro atoms. The summed E-state index contributed by atoms with van der Waals surface area (Å²) < 4.78 is 1.83. The molecule has 2 aromatic carbocycles. The van der Waals surface area contributed by atoms with Gasteiger partial charge in [0.25, 0.3) is 0 Å². The number of para-hydroxylation sites is 1. The third-order valence-electron chi connectivity index (χ3n) is 3.62. The molecule has 0 bridgehead atoms. The molecule has 0 N–H and O–H groups in total. The zero-order valence-corrected chi connectivity index (χ0v) is 13.8. The van der Waals surface area contributed by atoms with E-state index in [9.17, 15) is 0 Å². The summed E-state index contributed by atoms with van der Waals surface area (Å²) in [5.41, 5.74) is 3.86. The lowest BCUT2D eigenvalue weighted by atomic mass is 10.1. The van der Waals surface area contributed by atoms with E-state index in [1.54, 1.807) is 0 Å². The number of benzene rings is 2. The van der Waals surface area contributed by atoms with Crippen LogP contribution in [0.15, 0.2) is 59.6 Å². The van der Waals surface area contributed by atoms with Crippen molar-refractivity contribution in [1.82, 2.24) is 25.2 Å². The van der Waals surface area contributed by atoms with Crippen molar-refractivity contribution in [3.8, 4) is 0 Å². The molecule has 0 aliphatic carbocycles. The first-order valence-corrected chi connectivity index (χ1v) is 8.32. The highest BCUT2D eigenvalue weighted by atomic mass is 32.1. The van der Waals surface area contributed by atoms with Gasteiger partial charge in [0, 0.05) is 5.71 Å². The highest BCUT2D eigenvalue weighted by Crippen LogP contribution is 2.21. The fraction of sp³-hybridized carbons (Fsp3) is 0.118. The summed E-state index contributed by atoms with van der Waals surface area (Å²) in [4.78, 5) is 4.56. The number of fused-ring (bicyclic) bond motifs is 1. The maximum Gasteiger partial charge on any atom is 0.231 e. The van der Waals surface area contributed by atoms with E-state index < -0.39 is 0 Å². The van der Waals surface area contributed by atoms with Crippen molar-refractivity contribution >= 4 is 33.2 Å². The molecule has 0 radical (unpaired) electrons. The molecule has 118 valence electrons. The normalized spacial score (nSPS) is 12.0. The van der Waals surface area contributed by atoms with Gasteiger partial charge in [-0.3, -0.25) is 0 Å². The topological polar surface area (TPSA) is 68.8 Å². The van der Waals surface area contributed by atoms with Gasteiger partial charge in [0.1, 0.15) is 10.5 Å². The number of aliphatic imine (C=N–C) groups is 1. The molecule has 6 nitrogen and oxygen atoms in total. The molecule has 0 fully saturated rings. The summed E-state index contributed by atoms with van der Waals surface area (Å²) in [6.45, 7) is 2.51. The lowest BCUT2D eigenvalue weighted by Gasteiger charge is -1.98. The van der Waals surface area contributed by atoms with Gasteiger partial charge in [-0.05, 0) is 24.6 Å². The Morgan fingerprint density at radius 3 is 2.67 bits per heavy atom. The van der Waals surface area contributed by atoms with Crippen molar-refractivity contribution in [3.63, 3.8) is 0 Å². The van der Waals surface area contributed by atoms with Gasteiger partial charge in [-0.1, -0.05) is 59.0 Å². The van der Waals surface area contributed by atoms with E-state index in [4.69, 9.17) is 0 Å². The fourth-order valence-corrected chi connectivity index (χ4v) is 3.15. The summed E-state index contributed by atoms with van der Waals surface area (Å²) in [5.74, 6) is 0. The van der Waals surface area contributed by atoms with Crippen LogP contribution in [-0.2, 0) is 6.54 Å². The maximum absolute atomic E-state index is 4.56. The molecule has 4 aromatic rings. The molecule has 0 aliphatic heterocycles. The average molecular weight is 334 g/mol. The molecule has 2 aromatic heterocycles. The fourth-order valence-electron chi connectivity index (χ4n) is 2.40. The summed E-state index contributed by atoms with van der Waals surface area (Å²) in [6, 6.07) is 17.9. The Morgan fingerprint density at radius 1 is 1.00 bits per heavy atom. The van der Waals surface area contributed by atoms with Gasteiger partial charge in [0.2, 0.25) is 5.13 Å². The largest absolute Gasteiger partial charge is 0.238 e. The van der Waals surface area contributed by atoms with Gasteiger partial charge in [-0.15, -0.1) is 15.3 Å². The predicted octanol–water partition coefficient (Wildman–Crippen LogP) is 3.47. The number of rotatable bonds is 4. The van der Waals surface area contributed by atoms with Crippen molar-refractivity contribution in [2.45, 2.75) is 13.5 Å². The second-order valence-corrected chi connectivity index (χ2v) is 6.32. The van der Waals surface area contributed by atoms with Crippen molar-refractivity contribution in [2.24, 2.45) is 4.99 Å². The van der Waals surface area contributed by atoms with E-state index in [0.29, 0.717) is 11.7 Å². The molecular weight excluding hydrogens is 320 g/mol. The van der Waals surface area contributed by atoms with Crippen LogP contribution in [0.2, 0.25) is 0 Å². The number of aromatic nitrogens is 5. The standard InChI is InChI=1S/C17H14N6S/c1-12(13-7-3-2-4-8-13)18-17-21-20-16(24-17)11-23-15-10-6-5-9-14(15)19-22-23/h2-10H,11H2,1H3/b18-12+. The van der Waals surface area contributed by atoms with E-state index in [1.807, 2.05) is 66.2 Å². The quantitative estimate of drug-likeness (QED) is 0.536. The zero-order chi connectivity index (χ0) is 16.4. The Balaban J connectivity index is 1.57. The van der Waals surface area contributed by atoms with Crippen molar-refractivity contribution < 1.29 is 0 Å². The monoisotopic (exact) mass is 334 g/mol. The molecule has 0 aliphatic rings. The summed E-state index contributed by atoms with van der Waals surface area (Å²) in [5, 5.41) is 18.2. The van der Waals surface area contributed by atoms with E-state index in [0.717, 1.165) is 27.3 Å². The van der Waals surface area contributed by atoms with Crippen LogP contribution >= 0.6 is 11.3 Å². The van der Waals surface area contributed by atoms with Gasteiger partial charge in [0.15, 0.2) is 0 Å². The maximum atomic E-state index is 4.56.